The zero-order valence-electron chi connectivity index (χ0n) is 11.8. The van der Waals surface area contributed by atoms with Gasteiger partial charge in [0.05, 0.1) is 29.7 Å². The van der Waals surface area contributed by atoms with E-state index in [1.54, 1.807) is 12.3 Å². The van der Waals surface area contributed by atoms with Gasteiger partial charge in [-0.05, 0) is 32.3 Å². The largest absolute Gasteiger partial charge is 0.397 e. The molecule has 1 aliphatic heterocycles. The lowest BCUT2D eigenvalue weighted by Gasteiger charge is -2.25. The molecule has 2 fully saturated rings. The van der Waals surface area contributed by atoms with Gasteiger partial charge in [0.2, 0.25) is 0 Å². The number of rotatable bonds is 4. The molecule has 0 aromatic carbocycles. The van der Waals surface area contributed by atoms with Crippen molar-refractivity contribution in [2.45, 2.75) is 32.2 Å². The van der Waals surface area contributed by atoms with Crippen molar-refractivity contribution in [2.75, 3.05) is 25.5 Å². The van der Waals surface area contributed by atoms with E-state index in [9.17, 15) is 4.79 Å². The number of nitrogens with two attached hydrogens (primary N) is 1. The third kappa shape index (κ3) is 2.77. The van der Waals surface area contributed by atoms with Crippen molar-refractivity contribution in [3.63, 3.8) is 0 Å². The van der Waals surface area contributed by atoms with Gasteiger partial charge in [0.25, 0.3) is 5.91 Å². The minimum atomic E-state index is 0.0664. The number of amides is 1. The van der Waals surface area contributed by atoms with Crippen LogP contribution in [0.25, 0.3) is 0 Å². The molecule has 1 saturated heterocycles. The fourth-order valence-corrected chi connectivity index (χ4v) is 2.71. The maximum Gasteiger partial charge on any atom is 0.256 e. The molecule has 20 heavy (non-hydrogen) atoms. The highest BCUT2D eigenvalue weighted by Crippen LogP contribution is 2.30. The molecule has 108 valence electrons. The highest BCUT2D eigenvalue weighted by molar-refractivity contribution is 5.96. The van der Waals surface area contributed by atoms with Crippen molar-refractivity contribution < 1.29 is 9.53 Å². The lowest BCUT2D eigenvalue weighted by Crippen LogP contribution is -2.38. The number of nitrogens with zero attached hydrogens (tertiary/aromatic N) is 2. The summed E-state index contributed by atoms with van der Waals surface area (Å²) in [7, 11) is 0. The summed E-state index contributed by atoms with van der Waals surface area (Å²) in [6, 6.07) is 2.13. The first-order valence-corrected chi connectivity index (χ1v) is 7.26. The van der Waals surface area contributed by atoms with Gasteiger partial charge < -0.3 is 15.4 Å². The predicted molar refractivity (Wildman–Crippen MR) is 76.4 cm³/mol. The van der Waals surface area contributed by atoms with Gasteiger partial charge in [-0.2, -0.15) is 0 Å². The van der Waals surface area contributed by atoms with E-state index in [0.29, 0.717) is 23.2 Å². The Labute approximate surface area is 119 Å². The molecule has 0 radical (unpaired) electrons. The van der Waals surface area contributed by atoms with Gasteiger partial charge in [0.15, 0.2) is 0 Å². The van der Waals surface area contributed by atoms with Crippen LogP contribution in [0.5, 0.6) is 0 Å². The number of ether oxygens (including phenoxy) is 1. The van der Waals surface area contributed by atoms with Crippen molar-refractivity contribution in [1.29, 1.82) is 0 Å². The molecule has 1 saturated carbocycles. The number of aromatic nitrogens is 1. The van der Waals surface area contributed by atoms with Crippen molar-refractivity contribution in [3.8, 4) is 0 Å². The Morgan fingerprint density at radius 2 is 2.30 bits per heavy atom. The molecule has 0 bridgehead atoms. The normalized spacial score (nSPS) is 21.9. The summed E-state index contributed by atoms with van der Waals surface area (Å²) in [5, 5.41) is 0. The number of aryl methyl sites for hydroxylation is 1. The first-order valence-electron chi connectivity index (χ1n) is 7.26. The molecule has 3 rings (SSSR count). The average molecular weight is 275 g/mol. The summed E-state index contributed by atoms with van der Waals surface area (Å²) >= 11 is 0. The Morgan fingerprint density at radius 3 is 2.95 bits per heavy atom. The maximum atomic E-state index is 12.8. The van der Waals surface area contributed by atoms with Crippen LogP contribution in [0, 0.1) is 12.8 Å². The van der Waals surface area contributed by atoms with Crippen molar-refractivity contribution in [3.05, 3.63) is 23.5 Å². The van der Waals surface area contributed by atoms with Gasteiger partial charge in [0.1, 0.15) is 0 Å². The molecule has 0 spiro atoms. The third-order valence-electron chi connectivity index (χ3n) is 4.07. The summed E-state index contributed by atoms with van der Waals surface area (Å²) in [6.07, 6.45) is 4.85. The highest BCUT2D eigenvalue weighted by Gasteiger charge is 2.35. The maximum absolute atomic E-state index is 12.8. The van der Waals surface area contributed by atoms with E-state index < -0.39 is 0 Å². The Kier molecular flexibility index (Phi) is 3.61. The second-order valence-electron chi connectivity index (χ2n) is 5.82. The van der Waals surface area contributed by atoms with Crippen LogP contribution in [0.4, 0.5) is 5.69 Å². The molecular formula is C15H21N3O2. The standard InChI is InChI=1S/C15H21N3O2/c1-10-14(6-12(16)7-17-10)15(19)18(13-2-3-13)8-11-4-5-20-9-11/h6-7,11,13H,2-5,8-9,16H2,1H3. The van der Waals surface area contributed by atoms with E-state index in [4.69, 9.17) is 10.5 Å². The van der Waals surface area contributed by atoms with Crippen LogP contribution < -0.4 is 5.73 Å². The first kappa shape index (κ1) is 13.4. The zero-order chi connectivity index (χ0) is 14.1. The smallest absolute Gasteiger partial charge is 0.256 e. The Morgan fingerprint density at radius 1 is 1.50 bits per heavy atom. The van der Waals surface area contributed by atoms with E-state index in [2.05, 4.69) is 4.98 Å². The van der Waals surface area contributed by atoms with Crippen LogP contribution >= 0.6 is 0 Å². The Bertz CT molecular complexity index is 508. The average Bonchev–Trinajstić information content (AvgIpc) is 3.15. The van der Waals surface area contributed by atoms with Crippen LogP contribution in [-0.2, 0) is 4.74 Å². The molecule has 1 aromatic heterocycles. The van der Waals surface area contributed by atoms with E-state index in [1.807, 2.05) is 11.8 Å². The van der Waals surface area contributed by atoms with Gasteiger partial charge in [-0.1, -0.05) is 0 Å². The molecule has 5 nitrogen and oxygen atoms in total. The molecule has 2 heterocycles. The first-order chi connectivity index (χ1) is 9.65. The molecular weight excluding hydrogens is 254 g/mol. The summed E-state index contributed by atoms with van der Waals surface area (Å²) in [5.41, 5.74) is 7.69. The van der Waals surface area contributed by atoms with E-state index in [-0.39, 0.29) is 5.91 Å². The molecule has 5 heteroatoms. The number of nitrogen functional groups attached to an aromatic ring is 1. The molecule has 1 aromatic rings. The van der Waals surface area contributed by atoms with E-state index in [0.717, 1.165) is 44.7 Å². The van der Waals surface area contributed by atoms with Gasteiger partial charge in [-0.15, -0.1) is 0 Å². The molecule has 1 atom stereocenters. The topological polar surface area (TPSA) is 68.5 Å². The summed E-state index contributed by atoms with van der Waals surface area (Å²) in [6.45, 7) is 4.23. The number of carbonyl (C=O) groups is 1. The minimum absolute atomic E-state index is 0.0664. The summed E-state index contributed by atoms with van der Waals surface area (Å²) in [5.74, 6) is 0.533. The van der Waals surface area contributed by atoms with Crippen LogP contribution in [0.1, 0.15) is 35.3 Å². The van der Waals surface area contributed by atoms with Gasteiger partial charge in [-0.25, -0.2) is 0 Å². The van der Waals surface area contributed by atoms with Crippen LogP contribution in [-0.4, -0.2) is 41.6 Å². The Balaban J connectivity index is 1.79. The fourth-order valence-electron chi connectivity index (χ4n) is 2.71. The lowest BCUT2D eigenvalue weighted by molar-refractivity contribution is 0.0705. The van der Waals surface area contributed by atoms with Crippen LogP contribution in [0.3, 0.4) is 0 Å². The third-order valence-corrected chi connectivity index (χ3v) is 4.07. The highest BCUT2D eigenvalue weighted by atomic mass is 16.5. The van der Waals surface area contributed by atoms with E-state index in [1.165, 1.54) is 0 Å². The van der Waals surface area contributed by atoms with Gasteiger partial charge in [-0.3, -0.25) is 9.78 Å². The van der Waals surface area contributed by atoms with Crippen LogP contribution in [0.15, 0.2) is 12.3 Å². The number of carbonyl (C=O) groups excluding carboxylic acids is 1. The number of pyridine rings is 1. The monoisotopic (exact) mass is 275 g/mol. The number of hydrogen-bond donors (Lipinski definition) is 1. The molecule has 1 unspecified atom stereocenters. The number of anilines is 1. The number of hydrogen-bond acceptors (Lipinski definition) is 4. The quantitative estimate of drug-likeness (QED) is 0.906. The van der Waals surface area contributed by atoms with Crippen molar-refractivity contribution >= 4 is 11.6 Å². The van der Waals surface area contributed by atoms with E-state index >= 15 is 0 Å². The van der Waals surface area contributed by atoms with Gasteiger partial charge >= 0.3 is 0 Å². The second-order valence-corrected chi connectivity index (χ2v) is 5.82. The zero-order valence-corrected chi connectivity index (χ0v) is 11.8. The molecule has 2 N–H and O–H groups in total. The molecule has 1 amide bonds. The predicted octanol–water partition coefficient (Wildman–Crippen LogP) is 1.61. The summed E-state index contributed by atoms with van der Waals surface area (Å²) in [4.78, 5) is 19.0. The van der Waals surface area contributed by atoms with Gasteiger partial charge in [0, 0.05) is 25.1 Å². The second kappa shape index (κ2) is 5.40. The molecule has 1 aliphatic carbocycles. The lowest BCUT2D eigenvalue weighted by atomic mass is 10.1. The van der Waals surface area contributed by atoms with Crippen molar-refractivity contribution in [1.82, 2.24) is 9.88 Å². The minimum Gasteiger partial charge on any atom is -0.397 e. The van der Waals surface area contributed by atoms with Crippen molar-refractivity contribution in [2.24, 2.45) is 5.92 Å². The SMILES string of the molecule is Cc1ncc(N)cc1C(=O)N(CC1CCOC1)C1CC1. The molecule has 2 aliphatic rings. The summed E-state index contributed by atoms with van der Waals surface area (Å²) < 4.78 is 5.42. The van der Waals surface area contributed by atoms with Crippen LogP contribution in [0.2, 0.25) is 0 Å². The Hall–Kier alpha value is -1.62. The fraction of sp³-hybridized carbons (Fsp3) is 0.600.